The molecular weight excluding hydrogens is 320 g/mol. The molecular formula is C16H15BrO3. The van der Waals surface area contributed by atoms with Crippen LogP contribution < -0.4 is 4.74 Å². The van der Waals surface area contributed by atoms with Crippen LogP contribution >= 0.6 is 15.9 Å². The van der Waals surface area contributed by atoms with Crippen molar-refractivity contribution < 1.29 is 14.3 Å². The van der Waals surface area contributed by atoms with E-state index >= 15 is 0 Å². The van der Waals surface area contributed by atoms with Gasteiger partial charge in [0, 0.05) is 10.0 Å². The number of methoxy groups -OCH3 is 1. The molecule has 0 spiro atoms. The van der Waals surface area contributed by atoms with Crippen LogP contribution in [0.5, 0.6) is 11.5 Å². The number of carbonyl (C=O) groups is 1. The Labute approximate surface area is 126 Å². The third-order valence-corrected chi connectivity index (χ3v) is 3.89. The van der Waals surface area contributed by atoms with Gasteiger partial charge in [0.05, 0.1) is 12.7 Å². The molecule has 0 fully saturated rings. The van der Waals surface area contributed by atoms with Crippen molar-refractivity contribution in [2.45, 2.75) is 13.8 Å². The minimum Gasteiger partial charge on any atom is -0.465 e. The summed E-state index contributed by atoms with van der Waals surface area (Å²) in [6, 6.07) is 10.9. The second-order valence-corrected chi connectivity index (χ2v) is 5.29. The van der Waals surface area contributed by atoms with E-state index in [4.69, 9.17) is 4.74 Å². The number of rotatable bonds is 3. The molecule has 0 amide bonds. The molecule has 0 aliphatic carbocycles. The summed E-state index contributed by atoms with van der Waals surface area (Å²) in [7, 11) is 1.36. The van der Waals surface area contributed by atoms with Gasteiger partial charge < -0.3 is 9.47 Å². The molecule has 0 heterocycles. The van der Waals surface area contributed by atoms with Crippen molar-refractivity contribution in [1.29, 1.82) is 0 Å². The minimum absolute atomic E-state index is 0.355. The third kappa shape index (κ3) is 3.02. The van der Waals surface area contributed by atoms with Crippen LogP contribution in [0.15, 0.2) is 40.9 Å². The Balaban J connectivity index is 2.27. The van der Waals surface area contributed by atoms with Gasteiger partial charge in [0.15, 0.2) is 0 Å². The van der Waals surface area contributed by atoms with Crippen LogP contribution in [0.3, 0.4) is 0 Å². The first kappa shape index (κ1) is 14.6. The average molecular weight is 335 g/mol. The van der Waals surface area contributed by atoms with E-state index in [1.165, 1.54) is 7.11 Å². The number of halogens is 1. The van der Waals surface area contributed by atoms with E-state index in [0.717, 1.165) is 21.3 Å². The first-order valence-electron chi connectivity index (χ1n) is 6.15. The summed E-state index contributed by atoms with van der Waals surface area (Å²) < 4.78 is 11.6. The third-order valence-electron chi connectivity index (χ3n) is 3.03. The fraction of sp³-hybridized carbons (Fsp3) is 0.188. The van der Waals surface area contributed by atoms with E-state index in [1.54, 1.807) is 24.3 Å². The van der Waals surface area contributed by atoms with Crippen molar-refractivity contribution in [2.24, 2.45) is 0 Å². The van der Waals surface area contributed by atoms with Crippen LogP contribution in [0.4, 0.5) is 0 Å². The van der Waals surface area contributed by atoms with E-state index in [0.29, 0.717) is 11.3 Å². The van der Waals surface area contributed by atoms with Gasteiger partial charge in [-0.25, -0.2) is 4.79 Å². The SMILES string of the molecule is COC(=O)c1ccc(Oc2c(C)ccc(Br)c2C)cc1. The molecule has 20 heavy (non-hydrogen) atoms. The number of benzene rings is 2. The van der Waals surface area contributed by atoms with E-state index in [1.807, 2.05) is 26.0 Å². The summed E-state index contributed by atoms with van der Waals surface area (Å²) in [6.07, 6.45) is 0. The Morgan fingerprint density at radius 3 is 2.30 bits per heavy atom. The highest BCUT2D eigenvalue weighted by Gasteiger charge is 2.09. The zero-order chi connectivity index (χ0) is 14.7. The fourth-order valence-corrected chi connectivity index (χ4v) is 2.17. The summed E-state index contributed by atoms with van der Waals surface area (Å²) in [5, 5.41) is 0. The van der Waals surface area contributed by atoms with Crippen LogP contribution in [0.1, 0.15) is 21.5 Å². The van der Waals surface area contributed by atoms with Gasteiger partial charge in [-0.2, -0.15) is 0 Å². The Kier molecular flexibility index (Phi) is 4.45. The van der Waals surface area contributed by atoms with Crippen LogP contribution in [0.2, 0.25) is 0 Å². The van der Waals surface area contributed by atoms with Crippen molar-refractivity contribution in [3.8, 4) is 11.5 Å². The van der Waals surface area contributed by atoms with E-state index in [2.05, 4.69) is 20.7 Å². The maximum absolute atomic E-state index is 11.4. The van der Waals surface area contributed by atoms with Crippen molar-refractivity contribution >= 4 is 21.9 Å². The smallest absolute Gasteiger partial charge is 0.337 e. The molecule has 0 radical (unpaired) electrons. The highest BCUT2D eigenvalue weighted by Crippen LogP contribution is 2.33. The van der Waals surface area contributed by atoms with Crippen molar-refractivity contribution in [1.82, 2.24) is 0 Å². The Hall–Kier alpha value is -1.81. The molecule has 0 saturated carbocycles. The standard InChI is InChI=1S/C16H15BrO3/c1-10-4-9-14(17)11(2)15(10)20-13-7-5-12(6-8-13)16(18)19-3/h4-9H,1-3H3. The highest BCUT2D eigenvalue weighted by molar-refractivity contribution is 9.10. The van der Waals surface area contributed by atoms with Crippen molar-refractivity contribution in [3.05, 3.63) is 57.6 Å². The zero-order valence-corrected chi connectivity index (χ0v) is 13.2. The number of esters is 1. The van der Waals surface area contributed by atoms with Gasteiger partial charge in [0.2, 0.25) is 0 Å². The Morgan fingerprint density at radius 2 is 1.70 bits per heavy atom. The summed E-state index contributed by atoms with van der Waals surface area (Å²) in [5.41, 5.74) is 2.60. The zero-order valence-electron chi connectivity index (χ0n) is 11.6. The molecule has 2 aromatic carbocycles. The Bertz CT molecular complexity index is 633. The molecule has 0 saturated heterocycles. The molecule has 4 heteroatoms. The maximum atomic E-state index is 11.4. The number of carbonyl (C=O) groups excluding carboxylic acids is 1. The van der Waals surface area contributed by atoms with Gasteiger partial charge in [-0.1, -0.05) is 22.0 Å². The highest BCUT2D eigenvalue weighted by atomic mass is 79.9. The molecule has 2 aromatic rings. The normalized spacial score (nSPS) is 10.2. The molecule has 0 aliphatic rings. The molecule has 0 aromatic heterocycles. The number of hydrogen-bond acceptors (Lipinski definition) is 3. The molecule has 104 valence electrons. The number of aryl methyl sites for hydroxylation is 1. The molecule has 3 nitrogen and oxygen atoms in total. The number of ether oxygens (including phenoxy) is 2. The van der Waals surface area contributed by atoms with Gasteiger partial charge >= 0.3 is 5.97 Å². The summed E-state index contributed by atoms with van der Waals surface area (Å²) in [4.78, 5) is 11.4. The predicted octanol–water partition coefficient (Wildman–Crippen LogP) is 4.64. The summed E-state index contributed by atoms with van der Waals surface area (Å²) >= 11 is 3.49. The van der Waals surface area contributed by atoms with Crippen LogP contribution in [-0.4, -0.2) is 13.1 Å². The van der Waals surface area contributed by atoms with Crippen LogP contribution in [0.25, 0.3) is 0 Å². The Morgan fingerprint density at radius 1 is 1.05 bits per heavy atom. The molecule has 0 unspecified atom stereocenters. The largest absolute Gasteiger partial charge is 0.465 e. The lowest BCUT2D eigenvalue weighted by Crippen LogP contribution is -2.00. The number of hydrogen-bond donors (Lipinski definition) is 0. The molecule has 0 N–H and O–H groups in total. The van der Waals surface area contributed by atoms with Crippen molar-refractivity contribution in [2.75, 3.05) is 7.11 Å². The maximum Gasteiger partial charge on any atom is 0.337 e. The summed E-state index contributed by atoms with van der Waals surface area (Å²) in [5.74, 6) is 1.15. The first-order valence-corrected chi connectivity index (χ1v) is 6.94. The average Bonchev–Trinajstić information content (AvgIpc) is 2.47. The quantitative estimate of drug-likeness (QED) is 0.766. The second-order valence-electron chi connectivity index (χ2n) is 4.44. The van der Waals surface area contributed by atoms with Crippen LogP contribution in [0, 0.1) is 13.8 Å². The predicted molar refractivity (Wildman–Crippen MR) is 81.5 cm³/mol. The second kappa shape index (κ2) is 6.09. The van der Waals surface area contributed by atoms with Gasteiger partial charge in [0.1, 0.15) is 11.5 Å². The van der Waals surface area contributed by atoms with Crippen LogP contribution in [-0.2, 0) is 4.74 Å². The lowest BCUT2D eigenvalue weighted by atomic mass is 10.1. The monoisotopic (exact) mass is 334 g/mol. The fourth-order valence-electron chi connectivity index (χ4n) is 1.85. The topological polar surface area (TPSA) is 35.5 Å². The van der Waals surface area contributed by atoms with E-state index < -0.39 is 0 Å². The lowest BCUT2D eigenvalue weighted by molar-refractivity contribution is 0.0600. The summed E-state index contributed by atoms with van der Waals surface area (Å²) in [6.45, 7) is 3.99. The van der Waals surface area contributed by atoms with E-state index in [9.17, 15) is 4.79 Å². The lowest BCUT2D eigenvalue weighted by Gasteiger charge is -2.13. The minimum atomic E-state index is -0.355. The molecule has 2 rings (SSSR count). The van der Waals surface area contributed by atoms with Gasteiger partial charge in [-0.15, -0.1) is 0 Å². The van der Waals surface area contributed by atoms with Crippen molar-refractivity contribution in [3.63, 3.8) is 0 Å². The molecule has 0 bridgehead atoms. The van der Waals surface area contributed by atoms with Gasteiger partial charge in [-0.05, 0) is 49.7 Å². The van der Waals surface area contributed by atoms with Gasteiger partial charge in [0.25, 0.3) is 0 Å². The van der Waals surface area contributed by atoms with E-state index in [-0.39, 0.29) is 5.97 Å². The first-order chi connectivity index (χ1) is 9.52. The van der Waals surface area contributed by atoms with Gasteiger partial charge in [-0.3, -0.25) is 0 Å². The molecule has 0 aliphatic heterocycles. The molecule has 0 atom stereocenters.